The predicted octanol–water partition coefficient (Wildman–Crippen LogP) is 2.14. The number of para-hydroxylation sites is 2. The van der Waals surface area contributed by atoms with E-state index in [1.807, 2.05) is 0 Å². The lowest BCUT2D eigenvalue weighted by Crippen LogP contribution is -2.36. The highest BCUT2D eigenvalue weighted by atomic mass is 19.1. The summed E-state index contributed by atoms with van der Waals surface area (Å²) in [5.74, 6) is -2.56. The van der Waals surface area contributed by atoms with Crippen molar-refractivity contribution in [3.63, 3.8) is 0 Å². The van der Waals surface area contributed by atoms with Gasteiger partial charge in [0, 0.05) is 5.69 Å². The molecule has 0 radical (unpaired) electrons. The molecule has 0 aliphatic heterocycles. The van der Waals surface area contributed by atoms with Crippen LogP contribution in [0.4, 0.5) is 15.8 Å². The van der Waals surface area contributed by atoms with Gasteiger partial charge in [-0.05, 0) is 24.3 Å². The Hall–Kier alpha value is -2.89. The molecule has 0 saturated carbocycles. The van der Waals surface area contributed by atoms with Gasteiger partial charge in [0.1, 0.15) is 12.4 Å². The van der Waals surface area contributed by atoms with E-state index in [2.05, 4.69) is 0 Å². The Morgan fingerprint density at radius 2 is 1.76 bits per heavy atom. The molecule has 6 heteroatoms. The lowest BCUT2D eigenvalue weighted by molar-refractivity contribution is -0.135. The monoisotopic (exact) mass is 288 g/mol. The van der Waals surface area contributed by atoms with E-state index in [-0.39, 0.29) is 11.3 Å². The number of carbonyl (C=O) groups excluding carboxylic acids is 1. The van der Waals surface area contributed by atoms with Gasteiger partial charge in [-0.1, -0.05) is 24.3 Å². The Morgan fingerprint density at radius 1 is 1.10 bits per heavy atom. The normalized spacial score (nSPS) is 10.1. The van der Waals surface area contributed by atoms with Crippen molar-refractivity contribution in [1.82, 2.24) is 0 Å². The quantitative estimate of drug-likeness (QED) is 0.844. The average Bonchev–Trinajstić information content (AvgIpc) is 2.48. The van der Waals surface area contributed by atoms with Gasteiger partial charge in [0.05, 0.1) is 11.3 Å². The first-order valence-electron chi connectivity index (χ1n) is 6.13. The number of amides is 1. The molecular formula is C15H13FN2O3. The Bertz CT molecular complexity index is 674. The highest BCUT2D eigenvalue weighted by Gasteiger charge is 2.23. The number of carbonyl (C=O) groups is 2. The van der Waals surface area contributed by atoms with Crippen LogP contribution in [0.25, 0.3) is 0 Å². The van der Waals surface area contributed by atoms with Crippen molar-refractivity contribution in [1.29, 1.82) is 0 Å². The number of nitrogens with zero attached hydrogens (tertiary/aromatic N) is 1. The number of nitrogen functional groups attached to an aromatic ring is 1. The smallest absolute Gasteiger partial charge is 0.323 e. The highest BCUT2D eigenvalue weighted by Crippen LogP contribution is 2.21. The molecule has 0 bridgehead atoms. The van der Waals surface area contributed by atoms with Gasteiger partial charge in [0.25, 0.3) is 5.91 Å². The molecule has 0 saturated heterocycles. The van der Waals surface area contributed by atoms with E-state index >= 15 is 0 Å². The molecule has 0 aliphatic rings. The first-order valence-corrected chi connectivity index (χ1v) is 6.13. The van der Waals surface area contributed by atoms with Crippen LogP contribution >= 0.6 is 0 Å². The van der Waals surface area contributed by atoms with Gasteiger partial charge in [0.2, 0.25) is 0 Å². The van der Waals surface area contributed by atoms with Crippen molar-refractivity contribution >= 4 is 23.3 Å². The largest absolute Gasteiger partial charge is 0.480 e. The molecule has 3 N–H and O–H groups in total. The van der Waals surface area contributed by atoms with Crippen molar-refractivity contribution < 1.29 is 19.1 Å². The molecule has 0 fully saturated rings. The number of aliphatic carboxylic acids is 1. The standard InChI is InChI=1S/C15H13FN2O3/c16-12-8-4-7-11(14(12)17)15(21)18(9-13(19)20)10-5-2-1-3-6-10/h1-8H,9,17H2,(H,19,20). The van der Waals surface area contributed by atoms with Crippen LogP contribution in [0.5, 0.6) is 0 Å². The Morgan fingerprint density at radius 3 is 2.38 bits per heavy atom. The fourth-order valence-corrected chi connectivity index (χ4v) is 1.89. The number of benzene rings is 2. The summed E-state index contributed by atoms with van der Waals surface area (Å²) in [7, 11) is 0. The molecule has 2 aromatic carbocycles. The summed E-state index contributed by atoms with van der Waals surface area (Å²) in [4.78, 5) is 24.5. The van der Waals surface area contributed by atoms with Crippen molar-refractivity contribution in [2.24, 2.45) is 0 Å². The summed E-state index contributed by atoms with van der Waals surface area (Å²) in [6.07, 6.45) is 0. The van der Waals surface area contributed by atoms with Gasteiger partial charge >= 0.3 is 5.97 Å². The molecular weight excluding hydrogens is 275 g/mol. The molecule has 2 aromatic rings. The van der Waals surface area contributed by atoms with Gasteiger partial charge in [-0.25, -0.2) is 4.39 Å². The zero-order chi connectivity index (χ0) is 15.4. The van der Waals surface area contributed by atoms with Gasteiger partial charge < -0.3 is 10.8 Å². The minimum atomic E-state index is -1.18. The average molecular weight is 288 g/mol. The predicted molar refractivity (Wildman–Crippen MR) is 76.6 cm³/mol. The van der Waals surface area contributed by atoms with Crippen molar-refractivity contribution in [2.45, 2.75) is 0 Å². The molecule has 0 aromatic heterocycles. The summed E-state index contributed by atoms with van der Waals surface area (Å²) in [5.41, 5.74) is 5.59. The lowest BCUT2D eigenvalue weighted by atomic mass is 10.1. The summed E-state index contributed by atoms with van der Waals surface area (Å²) in [6, 6.07) is 12.1. The molecule has 0 unspecified atom stereocenters. The molecule has 0 spiro atoms. The summed E-state index contributed by atoms with van der Waals surface area (Å²) >= 11 is 0. The Kier molecular flexibility index (Phi) is 4.18. The van der Waals surface area contributed by atoms with Gasteiger partial charge in [-0.3, -0.25) is 14.5 Å². The molecule has 0 atom stereocenters. The molecule has 1 amide bonds. The number of carboxylic acids is 1. The second kappa shape index (κ2) is 6.04. The van der Waals surface area contributed by atoms with Crippen LogP contribution in [-0.4, -0.2) is 23.5 Å². The minimum Gasteiger partial charge on any atom is -0.480 e. The van der Waals surface area contributed by atoms with Crippen molar-refractivity contribution in [3.8, 4) is 0 Å². The van der Waals surface area contributed by atoms with Crippen molar-refractivity contribution in [3.05, 3.63) is 59.9 Å². The second-order valence-electron chi connectivity index (χ2n) is 4.32. The number of rotatable bonds is 4. The maximum Gasteiger partial charge on any atom is 0.323 e. The highest BCUT2D eigenvalue weighted by molar-refractivity contribution is 6.11. The molecule has 108 valence electrons. The van der Waals surface area contributed by atoms with Crippen LogP contribution in [0.1, 0.15) is 10.4 Å². The van der Waals surface area contributed by atoms with E-state index < -0.39 is 24.2 Å². The van der Waals surface area contributed by atoms with Crippen LogP contribution in [0.2, 0.25) is 0 Å². The fraction of sp³-hybridized carbons (Fsp3) is 0.0667. The third-order valence-corrected chi connectivity index (χ3v) is 2.89. The summed E-state index contributed by atoms with van der Waals surface area (Å²) in [5, 5.41) is 8.97. The second-order valence-corrected chi connectivity index (χ2v) is 4.32. The summed E-state index contributed by atoms with van der Waals surface area (Å²) in [6.45, 7) is -0.543. The van der Waals surface area contributed by atoms with Gasteiger partial charge in [-0.2, -0.15) is 0 Å². The molecule has 21 heavy (non-hydrogen) atoms. The molecule has 0 heterocycles. The first-order chi connectivity index (χ1) is 10.0. The Labute approximate surface area is 120 Å². The molecule has 5 nitrogen and oxygen atoms in total. The molecule has 2 rings (SSSR count). The van der Waals surface area contributed by atoms with Crippen LogP contribution in [-0.2, 0) is 4.79 Å². The third kappa shape index (κ3) is 3.17. The van der Waals surface area contributed by atoms with E-state index in [4.69, 9.17) is 10.8 Å². The number of hydrogen-bond donors (Lipinski definition) is 2. The lowest BCUT2D eigenvalue weighted by Gasteiger charge is -2.21. The molecule has 0 aliphatic carbocycles. The SMILES string of the molecule is Nc1c(F)cccc1C(=O)N(CC(=O)O)c1ccccc1. The zero-order valence-electron chi connectivity index (χ0n) is 11.0. The van der Waals surface area contributed by atoms with Crippen molar-refractivity contribution in [2.75, 3.05) is 17.2 Å². The number of carboxylic acid groups (broad SMARTS) is 1. The third-order valence-electron chi connectivity index (χ3n) is 2.89. The number of halogens is 1. The van der Waals surface area contributed by atoms with E-state index in [1.165, 1.54) is 12.1 Å². The van der Waals surface area contributed by atoms with E-state index in [1.54, 1.807) is 30.3 Å². The maximum atomic E-state index is 13.5. The van der Waals surface area contributed by atoms with E-state index in [0.717, 1.165) is 11.0 Å². The van der Waals surface area contributed by atoms with Gasteiger partial charge in [-0.15, -0.1) is 0 Å². The number of hydrogen-bond acceptors (Lipinski definition) is 3. The van der Waals surface area contributed by atoms with Crippen LogP contribution < -0.4 is 10.6 Å². The van der Waals surface area contributed by atoms with E-state index in [9.17, 15) is 14.0 Å². The zero-order valence-corrected chi connectivity index (χ0v) is 11.0. The van der Waals surface area contributed by atoms with Gasteiger partial charge in [0.15, 0.2) is 0 Å². The fourth-order valence-electron chi connectivity index (χ4n) is 1.89. The number of nitrogens with two attached hydrogens (primary N) is 1. The number of anilines is 2. The summed E-state index contributed by atoms with van der Waals surface area (Å²) < 4.78 is 13.5. The van der Waals surface area contributed by atoms with Crippen LogP contribution in [0.3, 0.4) is 0 Å². The van der Waals surface area contributed by atoms with E-state index in [0.29, 0.717) is 5.69 Å². The topological polar surface area (TPSA) is 83.6 Å². The maximum absolute atomic E-state index is 13.5. The minimum absolute atomic E-state index is 0.0693. The first kappa shape index (κ1) is 14.5. The van der Waals surface area contributed by atoms with Crippen LogP contribution in [0.15, 0.2) is 48.5 Å². The Balaban J connectivity index is 2.44. The van der Waals surface area contributed by atoms with Crippen LogP contribution in [0, 0.1) is 5.82 Å².